The summed E-state index contributed by atoms with van der Waals surface area (Å²) in [5, 5.41) is 8.87. The van der Waals surface area contributed by atoms with Crippen molar-refractivity contribution in [3.8, 4) is 11.5 Å². The predicted octanol–water partition coefficient (Wildman–Crippen LogP) is -0.0138. The molecular weight excluding hydrogens is 236 g/mol. The molecule has 6 nitrogen and oxygen atoms in total. The van der Waals surface area contributed by atoms with Crippen LogP contribution in [0.4, 0.5) is 5.69 Å². The van der Waals surface area contributed by atoms with Crippen molar-refractivity contribution in [3.05, 3.63) is 18.2 Å². The van der Waals surface area contributed by atoms with Gasteiger partial charge in [-0.25, -0.2) is 0 Å². The van der Waals surface area contributed by atoms with E-state index in [2.05, 4.69) is 0 Å². The number of benzene rings is 1. The number of methoxy groups -OCH3 is 2. The molecule has 0 heterocycles. The Labute approximate surface area is 106 Å². The highest BCUT2D eigenvalue weighted by molar-refractivity contribution is 5.96. The summed E-state index contributed by atoms with van der Waals surface area (Å²) in [6.07, 6.45) is 0. The zero-order valence-electron chi connectivity index (χ0n) is 10.7. The molecule has 0 fully saturated rings. The summed E-state index contributed by atoms with van der Waals surface area (Å²) in [6, 6.07) is 4.15. The van der Waals surface area contributed by atoms with Gasteiger partial charge >= 0.3 is 0 Å². The topological polar surface area (TPSA) is 85.0 Å². The second-order valence-corrected chi connectivity index (χ2v) is 3.73. The Hall–Kier alpha value is -1.79. The van der Waals surface area contributed by atoms with Crippen LogP contribution in [-0.2, 0) is 4.79 Å². The van der Waals surface area contributed by atoms with Gasteiger partial charge in [0.25, 0.3) is 0 Å². The van der Waals surface area contributed by atoms with E-state index < -0.39 is 12.6 Å². The quantitative estimate of drug-likeness (QED) is 0.771. The first-order valence-electron chi connectivity index (χ1n) is 5.41. The maximum absolute atomic E-state index is 11.8. The first-order valence-corrected chi connectivity index (χ1v) is 5.41. The largest absolute Gasteiger partial charge is 0.493 e. The van der Waals surface area contributed by atoms with Crippen LogP contribution in [0.2, 0.25) is 0 Å². The average Bonchev–Trinajstić information content (AvgIpc) is 2.43. The number of carbonyl (C=O) groups excluding carboxylic acids is 1. The van der Waals surface area contributed by atoms with Crippen LogP contribution < -0.4 is 20.1 Å². The maximum atomic E-state index is 11.8. The third-order valence-electron chi connectivity index (χ3n) is 2.60. The van der Waals surface area contributed by atoms with Crippen LogP contribution in [-0.4, -0.2) is 44.9 Å². The van der Waals surface area contributed by atoms with Crippen molar-refractivity contribution in [2.45, 2.75) is 6.04 Å². The first kappa shape index (κ1) is 14.3. The van der Waals surface area contributed by atoms with Gasteiger partial charge in [-0.3, -0.25) is 4.79 Å². The van der Waals surface area contributed by atoms with E-state index in [-0.39, 0.29) is 5.91 Å². The predicted molar refractivity (Wildman–Crippen MR) is 68.0 cm³/mol. The summed E-state index contributed by atoms with van der Waals surface area (Å²) in [6.45, 7) is -0.392. The number of hydrogen-bond donors (Lipinski definition) is 2. The third kappa shape index (κ3) is 2.91. The van der Waals surface area contributed by atoms with E-state index in [1.165, 1.54) is 19.1 Å². The highest BCUT2D eigenvalue weighted by Crippen LogP contribution is 2.31. The molecule has 1 rings (SSSR count). The van der Waals surface area contributed by atoms with Crippen LogP contribution in [0.15, 0.2) is 18.2 Å². The van der Waals surface area contributed by atoms with Crippen LogP contribution in [0.25, 0.3) is 0 Å². The molecule has 0 spiro atoms. The van der Waals surface area contributed by atoms with Crippen molar-refractivity contribution < 1.29 is 19.4 Å². The van der Waals surface area contributed by atoms with E-state index in [1.54, 1.807) is 25.2 Å². The number of ether oxygens (including phenoxy) is 2. The van der Waals surface area contributed by atoms with Gasteiger partial charge in [0.05, 0.1) is 20.8 Å². The number of carbonyl (C=O) groups is 1. The number of anilines is 1. The minimum atomic E-state index is -0.928. The first-order chi connectivity index (χ1) is 8.54. The van der Waals surface area contributed by atoms with Crippen molar-refractivity contribution in [1.82, 2.24) is 0 Å². The number of nitrogens with two attached hydrogens (primary N) is 1. The fraction of sp³-hybridized carbons (Fsp3) is 0.417. The molecule has 1 amide bonds. The minimum Gasteiger partial charge on any atom is -0.493 e. The van der Waals surface area contributed by atoms with Gasteiger partial charge in [-0.2, -0.15) is 0 Å². The molecule has 100 valence electrons. The Bertz CT molecular complexity index is 423. The molecule has 1 atom stereocenters. The number of likely N-dealkylation sites (N-methyl/N-ethyl adjacent to an activating group) is 1. The molecule has 0 saturated heterocycles. The molecule has 1 unspecified atom stereocenters. The minimum absolute atomic E-state index is 0.371. The van der Waals surface area contributed by atoms with Crippen molar-refractivity contribution in [1.29, 1.82) is 0 Å². The van der Waals surface area contributed by atoms with Gasteiger partial charge in [0.15, 0.2) is 11.5 Å². The summed E-state index contributed by atoms with van der Waals surface area (Å²) in [7, 11) is 4.64. The van der Waals surface area contributed by atoms with Crippen molar-refractivity contribution in [2.24, 2.45) is 5.73 Å². The molecule has 0 bridgehead atoms. The number of amides is 1. The van der Waals surface area contributed by atoms with E-state index in [1.807, 2.05) is 0 Å². The van der Waals surface area contributed by atoms with E-state index in [0.29, 0.717) is 17.2 Å². The molecule has 0 aliphatic carbocycles. The molecule has 0 radical (unpaired) electrons. The van der Waals surface area contributed by atoms with Crippen LogP contribution in [0.5, 0.6) is 11.5 Å². The monoisotopic (exact) mass is 254 g/mol. The lowest BCUT2D eigenvalue weighted by atomic mass is 10.2. The molecule has 1 aromatic carbocycles. The summed E-state index contributed by atoms with van der Waals surface area (Å²) in [5.74, 6) is 0.727. The second kappa shape index (κ2) is 6.23. The van der Waals surface area contributed by atoms with E-state index in [0.717, 1.165) is 0 Å². The van der Waals surface area contributed by atoms with Crippen LogP contribution >= 0.6 is 0 Å². The van der Waals surface area contributed by atoms with Crippen LogP contribution in [0, 0.1) is 0 Å². The summed E-state index contributed by atoms with van der Waals surface area (Å²) in [5.41, 5.74) is 6.10. The van der Waals surface area contributed by atoms with Gasteiger partial charge < -0.3 is 25.2 Å². The summed E-state index contributed by atoms with van der Waals surface area (Å²) < 4.78 is 10.3. The summed E-state index contributed by atoms with van der Waals surface area (Å²) in [4.78, 5) is 13.2. The number of nitrogens with zero attached hydrogens (tertiary/aromatic N) is 1. The molecule has 18 heavy (non-hydrogen) atoms. The zero-order chi connectivity index (χ0) is 13.7. The third-order valence-corrected chi connectivity index (χ3v) is 2.60. The fourth-order valence-corrected chi connectivity index (χ4v) is 1.49. The van der Waals surface area contributed by atoms with Gasteiger partial charge in [-0.05, 0) is 12.1 Å². The zero-order valence-corrected chi connectivity index (χ0v) is 10.7. The Balaban J connectivity index is 2.99. The second-order valence-electron chi connectivity index (χ2n) is 3.73. The Morgan fingerprint density at radius 2 is 2.00 bits per heavy atom. The average molecular weight is 254 g/mol. The Kier molecular flexibility index (Phi) is 4.94. The molecule has 6 heteroatoms. The van der Waals surface area contributed by atoms with Crippen molar-refractivity contribution in [2.75, 3.05) is 32.8 Å². The highest BCUT2D eigenvalue weighted by atomic mass is 16.5. The molecule has 0 aliphatic heterocycles. The molecule has 1 aromatic rings. The number of rotatable bonds is 5. The van der Waals surface area contributed by atoms with Crippen molar-refractivity contribution >= 4 is 11.6 Å². The van der Waals surface area contributed by atoms with E-state index in [4.69, 9.17) is 20.3 Å². The Morgan fingerprint density at radius 3 is 2.50 bits per heavy atom. The van der Waals surface area contributed by atoms with Gasteiger partial charge in [-0.15, -0.1) is 0 Å². The maximum Gasteiger partial charge on any atom is 0.246 e. The highest BCUT2D eigenvalue weighted by Gasteiger charge is 2.19. The number of aliphatic hydroxyl groups excluding tert-OH is 1. The molecule has 0 saturated carbocycles. The van der Waals surface area contributed by atoms with Crippen molar-refractivity contribution in [3.63, 3.8) is 0 Å². The SMILES string of the molecule is COc1ccc(N(C)C(=O)C(N)CO)cc1OC. The molecule has 0 aromatic heterocycles. The normalized spacial score (nSPS) is 11.8. The van der Waals surface area contributed by atoms with Gasteiger partial charge in [0.2, 0.25) is 5.91 Å². The van der Waals surface area contributed by atoms with E-state index in [9.17, 15) is 4.79 Å². The lowest BCUT2D eigenvalue weighted by Crippen LogP contribution is -2.44. The van der Waals surface area contributed by atoms with Gasteiger partial charge in [0.1, 0.15) is 6.04 Å². The lowest BCUT2D eigenvalue weighted by molar-refractivity contribution is -0.120. The fourth-order valence-electron chi connectivity index (χ4n) is 1.49. The van der Waals surface area contributed by atoms with Crippen LogP contribution in [0.1, 0.15) is 0 Å². The number of aliphatic hydroxyl groups is 1. The molecular formula is C12H18N2O4. The molecule has 0 aliphatic rings. The standard InChI is InChI=1S/C12H18N2O4/c1-14(12(16)9(13)7-15)8-4-5-10(17-2)11(6-8)18-3/h4-6,9,15H,7,13H2,1-3H3. The number of hydrogen-bond acceptors (Lipinski definition) is 5. The lowest BCUT2D eigenvalue weighted by Gasteiger charge is -2.21. The van der Waals surface area contributed by atoms with Gasteiger partial charge in [-0.1, -0.05) is 0 Å². The smallest absolute Gasteiger partial charge is 0.246 e. The van der Waals surface area contributed by atoms with Gasteiger partial charge in [0, 0.05) is 18.8 Å². The summed E-state index contributed by atoms with van der Waals surface area (Å²) >= 11 is 0. The van der Waals surface area contributed by atoms with E-state index >= 15 is 0 Å². The van der Waals surface area contributed by atoms with Crippen LogP contribution in [0.3, 0.4) is 0 Å². The molecule has 3 N–H and O–H groups in total. The Morgan fingerprint density at radius 1 is 1.39 bits per heavy atom.